The molecule has 2 aromatic carbocycles. The van der Waals surface area contributed by atoms with Crippen LogP contribution in [0.2, 0.25) is 0 Å². The van der Waals surface area contributed by atoms with E-state index < -0.39 is 32.9 Å². The highest BCUT2D eigenvalue weighted by atomic mass is 32.2. The van der Waals surface area contributed by atoms with E-state index in [1.165, 1.54) is 12.1 Å². The fourth-order valence-corrected chi connectivity index (χ4v) is 5.56. The summed E-state index contributed by atoms with van der Waals surface area (Å²) in [6.45, 7) is 0.134. The van der Waals surface area contributed by atoms with Gasteiger partial charge in [-0.25, -0.2) is 13.2 Å². The summed E-state index contributed by atoms with van der Waals surface area (Å²) >= 11 is 0. The van der Waals surface area contributed by atoms with Crippen LogP contribution in [-0.4, -0.2) is 37.3 Å². The Kier molecular flexibility index (Phi) is 6.26. The highest BCUT2D eigenvalue weighted by molar-refractivity contribution is 7.93. The van der Waals surface area contributed by atoms with Crippen molar-refractivity contribution >= 4 is 21.7 Å². The fourth-order valence-electron chi connectivity index (χ4n) is 3.57. The number of rotatable bonds is 6. The van der Waals surface area contributed by atoms with E-state index in [-0.39, 0.29) is 35.6 Å². The largest absolute Gasteiger partial charge is 0.512 e. The minimum absolute atomic E-state index is 0.0227. The first-order chi connectivity index (χ1) is 14.3. The van der Waals surface area contributed by atoms with Crippen molar-refractivity contribution in [2.75, 3.05) is 7.11 Å². The van der Waals surface area contributed by atoms with Crippen molar-refractivity contribution in [2.45, 2.75) is 35.4 Å². The summed E-state index contributed by atoms with van der Waals surface area (Å²) < 4.78 is 30.0. The van der Waals surface area contributed by atoms with Gasteiger partial charge < -0.3 is 15.2 Å². The SMILES string of the molecule is COC(=O)C1=C(O)CCC(C(=O)NCc2ccccc2)(S(=O)(=O)c2ccccc2)C1. The van der Waals surface area contributed by atoms with Crippen LogP contribution in [0.3, 0.4) is 0 Å². The number of ether oxygens (including phenoxy) is 1. The molecule has 0 bridgehead atoms. The van der Waals surface area contributed by atoms with E-state index in [1.54, 1.807) is 18.2 Å². The number of allylic oxidation sites excluding steroid dienone is 1. The lowest BCUT2D eigenvalue weighted by molar-refractivity contribution is -0.136. The number of aliphatic hydroxyl groups excluding tert-OH is 1. The number of esters is 1. The molecule has 1 atom stereocenters. The number of hydrogen-bond donors (Lipinski definition) is 2. The average molecular weight is 429 g/mol. The Hall–Kier alpha value is -3.13. The van der Waals surface area contributed by atoms with Crippen LogP contribution >= 0.6 is 0 Å². The molecule has 2 aromatic rings. The molecule has 158 valence electrons. The molecule has 30 heavy (non-hydrogen) atoms. The van der Waals surface area contributed by atoms with Crippen molar-refractivity contribution in [3.8, 4) is 0 Å². The number of aliphatic hydroxyl groups is 1. The molecule has 0 radical (unpaired) electrons. The minimum Gasteiger partial charge on any atom is -0.512 e. The van der Waals surface area contributed by atoms with Crippen LogP contribution in [0.1, 0.15) is 24.8 Å². The molecule has 1 amide bonds. The molecule has 0 spiro atoms. The lowest BCUT2D eigenvalue weighted by Crippen LogP contribution is -2.54. The smallest absolute Gasteiger partial charge is 0.337 e. The zero-order valence-corrected chi connectivity index (χ0v) is 17.3. The van der Waals surface area contributed by atoms with Crippen molar-refractivity contribution in [1.82, 2.24) is 5.32 Å². The Balaban J connectivity index is 2.03. The van der Waals surface area contributed by atoms with Gasteiger partial charge in [0.15, 0.2) is 14.6 Å². The van der Waals surface area contributed by atoms with Gasteiger partial charge in [-0.05, 0) is 24.1 Å². The van der Waals surface area contributed by atoms with Crippen LogP contribution in [0.5, 0.6) is 0 Å². The van der Waals surface area contributed by atoms with Gasteiger partial charge in [-0.15, -0.1) is 0 Å². The summed E-state index contributed by atoms with van der Waals surface area (Å²) in [6.07, 6.45) is -0.754. The highest BCUT2D eigenvalue weighted by Gasteiger charge is 2.54. The Morgan fingerprint density at radius 1 is 1.07 bits per heavy atom. The van der Waals surface area contributed by atoms with Crippen molar-refractivity contribution in [1.29, 1.82) is 0 Å². The first kappa shape index (κ1) is 21.6. The second-order valence-corrected chi connectivity index (χ2v) is 9.33. The maximum atomic E-state index is 13.6. The van der Waals surface area contributed by atoms with Crippen LogP contribution < -0.4 is 5.32 Å². The minimum atomic E-state index is -4.19. The van der Waals surface area contributed by atoms with Crippen molar-refractivity contribution in [3.05, 3.63) is 77.6 Å². The van der Waals surface area contributed by atoms with E-state index in [9.17, 15) is 23.1 Å². The molecule has 0 saturated heterocycles. The monoisotopic (exact) mass is 429 g/mol. The van der Waals surface area contributed by atoms with Gasteiger partial charge in [-0.2, -0.15) is 0 Å². The molecule has 0 saturated carbocycles. The van der Waals surface area contributed by atoms with Crippen molar-refractivity contribution < 1.29 is 27.9 Å². The van der Waals surface area contributed by atoms with Gasteiger partial charge in [0, 0.05) is 19.4 Å². The summed E-state index contributed by atoms with van der Waals surface area (Å²) in [5.74, 6) is -1.82. The zero-order valence-electron chi connectivity index (χ0n) is 16.5. The molecule has 1 unspecified atom stereocenters. The number of carbonyl (C=O) groups excluding carboxylic acids is 2. The van der Waals surface area contributed by atoms with E-state index in [2.05, 4.69) is 5.32 Å². The van der Waals surface area contributed by atoms with Gasteiger partial charge in [-0.3, -0.25) is 4.79 Å². The third-order valence-corrected chi connectivity index (χ3v) is 7.74. The normalized spacial score (nSPS) is 19.2. The Bertz CT molecular complexity index is 1060. The summed E-state index contributed by atoms with van der Waals surface area (Å²) in [4.78, 5) is 25.5. The van der Waals surface area contributed by atoms with Gasteiger partial charge in [0.05, 0.1) is 17.6 Å². The maximum Gasteiger partial charge on any atom is 0.337 e. The van der Waals surface area contributed by atoms with E-state index in [0.29, 0.717) is 0 Å². The summed E-state index contributed by atoms with van der Waals surface area (Å²) in [6, 6.07) is 16.7. The molecule has 2 N–H and O–H groups in total. The molecule has 0 heterocycles. The number of benzene rings is 2. The molecular weight excluding hydrogens is 406 g/mol. The Morgan fingerprint density at radius 3 is 2.27 bits per heavy atom. The number of hydrogen-bond acceptors (Lipinski definition) is 6. The van der Waals surface area contributed by atoms with E-state index in [0.717, 1.165) is 12.7 Å². The quantitative estimate of drug-likeness (QED) is 0.684. The summed E-state index contributed by atoms with van der Waals surface area (Å²) in [7, 11) is -3.05. The zero-order chi connectivity index (χ0) is 21.8. The van der Waals surface area contributed by atoms with Gasteiger partial charge in [0.2, 0.25) is 5.91 Å². The van der Waals surface area contributed by atoms with Crippen LogP contribution in [0.4, 0.5) is 0 Å². The third-order valence-electron chi connectivity index (χ3n) is 5.29. The average Bonchev–Trinajstić information content (AvgIpc) is 2.78. The van der Waals surface area contributed by atoms with E-state index >= 15 is 0 Å². The summed E-state index contributed by atoms with van der Waals surface area (Å²) in [5.41, 5.74) is 0.610. The number of sulfone groups is 1. The predicted octanol–water partition coefficient (Wildman–Crippen LogP) is 2.68. The summed E-state index contributed by atoms with van der Waals surface area (Å²) in [5, 5.41) is 12.9. The van der Waals surface area contributed by atoms with Gasteiger partial charge >= 0.3 is 5.97 Å². The molecule has 7 nitrogen and oxygen atoms in total. The van der Waals surface area contributed by atoms with Gasteiger partial charge in [0.1, 0.15) is 5.76 Å². The Labute approximate surface area is 175 Å². The molecule has 3 rings (SSSR count). The third kappa shape index (κ3) is 3.95. The van der Waals surface area contributed by atoms with Crippen molar-refractivity contribution in [2.24, 2.45) is 0 Å². The number of carbonyl (C=O) groups is 2. The molecule has 0 aliphatic heterocycles. The van der Waals surface area contributed by atoms with Crippen LogP contribution in [0.15, 0.2) is 76.9 Å². The molecular formula is C22H23NO6S. The highest BCUT2D eigenvalue weighted by Crippen LogP contribution is 2.41. The second kappa shape index (κ2) is 8.71. The first-order valence-corrected chi connectivity index (χ1v) is 10.9. The molecule has 8 heteroatoms. The molecule has 0 fully saturated rings. The van der Waals surface area contributed by atoms with Crippen LogP contribution in [-0.2, 0) is 30.7 Å². The topological polar surface area (TPSA) is 110 Å². The number of methoxy groups -OCH3 is 1. The molecule has 1 aliphatic rings. The molecule has 0 aromatic heterocycles. The van der Waals surface area contributed by atoms with Crippen LogP contribution in [0.25, 0.3) is 0 Å². The second-order valence-electron chi connectivity index (χ2n) is 7.07. The lowest BCUT2D eigenvalue weighted by Gasteiger charge is -2.35. The van der Waals surface area contributed by atoms with Gasteiger partial charge in [0.25, 0.3) is 0 Å². The van der Waals surface area contributed by atoms with Gasteiger partial charge in [-0.1, -0.05) is 48.5 Å². The molecule has 1 aliphatic carbocycles. The number of nitrogens with one attached hydrogen (secondary N) is 1. The fraction of sp³-hybridized carbons (Fsp3) is 0.273. The predicted molar refractivity (Wildman–Crippen MR) is 110 cm³/mol. The van der Waals surface area contributed by atoms with Crippen molar-refractivity contribution in [3.63, 3.8) is 0 Å². The van der Waals surface area contributed by atoms with E-state index in [1.807, 2.05) is 30.3 Å². The lowest BCUT2D eigenvalue weighted by atomic mass is 9.85. The first-order valence-electron chi connectivity index (χ1n) is 9.43. The number of amides is 1. The van der Waals surface area contributed by atoms with E-state index in [4.69, 9.17) is 4.74 Å². The maximum absolute atomic E-state index is 13.6. The standard InChI is InChI=1S/C22H23NO6S/c1-29-20(25)18-14-22(13-12-19(18)24,30(27,28)17-10-6-3-7-11-17)21(26)23-15-16-8-4-2-5-9-16/h2-11,24H,12-15H2,1H3,(H,23,26). The van der Waals surface area contributed by atoms with Crippen LogP contribution in [0, 0.1) is 0 Å². The Morgan fingerprint density at radius 2 is 1.67 bits per heavy atom.